The maximum absolute atomic E-state index is 12.0. The zero-order valence-corrected chi connectivity index (χ0v) is 15.6. The van der Waals surface area contributed by atoms with Crippen LogP contribution in [0.25, 0.3) is 0 Å². The fourth-order valence-electron chi connectivity index (χ4n) is 1.99. The largest absolute Gasteiger partial charge is 0.469 e. The van der Waals surface area contributed by atoms with Gasteiger partial charge in [0.2, 0.25) is 5.91 Å². The van der Waals surface area contributed by atoms with Gasteiger partial charge in [0, 0.05) is 12.7 Å². The van der Waals surface area contributed by atoms with Gasteiger partial charge in [-0.15, -0.1) is 0 Å². The molecule has 1 N–H and O–H groups in total. The molecule has 138 valence electrons. The Morgan fingerprint density at radius 1 is 1.19 bits per heavy atom. The van der Waals surface area contributed by atoms with Crippen LogP contribution < -0.4 is 5.32 Å². The van der Waals surface area contributed by atoms with Crippen molar-refractivity contribution in [3.8, 4) is 0 Å². The second-order valence-corrected chi connectivity index (χ2v) is 6.21. The monoisotopic (exact) mass is 398 g/mol. The summed E-state index contributed by atoms with van der Waals surface area (Å²) in [5.41, 5.74) is 0.699. The Bertz CT molecular complexity index is 834. The maximum atomic E-state index is 12.0. The molecule has 7 nitrogen and oxygen atoms in total. The molecule has 0 radical (unpaired) electrons. The predicted molar refractivity (Wildman–Crippen MR) is 96.5 cm³/mol. The van der Waals surface area contributed by atoms with Crippen molar-refractivity contribution in [3.63, 3.8) is 0 Å². The van der Waals surface area contributed by atoms with E-state index in [2.05, 4.69) is 5.32 Å². The number of benzene rings is 1. The molecule has 0 saturated heterocycles. The van der Waals surface area contributed by atoms with Crippen LogP contribution in [0.1, 0.15) is 16.1 Å². The number of ether oxygens (including phenoxy) is 1. The van der Waals surface area contributed by atoms with Crippen LogP contribution >= 0.6 is 23.2 Å². The summed E-state index contributed by atoms with van der Waals surface area (Å²) in [5.74, 6) is -1.23. The first kappa shape index (κ1) is 19.8. The number of hydrogen-bond donors (Lipinski definition) is 1. The lowest BCUT2D eigenvalue weighted by Crippen LogP contribution is -2.37. The smallest absolute Gasteiger partial charge is 0.342 e. The van der Waals surface area contributed by atoms with E-state index < -0.39 is 24.4 Å². The van der Waals surface area contributed by atoms with Crippen molar-refractivity contribution >= 4 is 46.7 Å². The SMILES string of the molecule is Cc1occc1C(=O)OCC(=O)N(C)CC(=O)Nc1ccc(Cl)c(Cl)c1. The van der Waals surface area contributed by atoms with Crippen molar-refractivity contribution < 1.29 is 23.5 Å². The molecular weight excluding hydrogens is 383 g/mol. The Hall–Kier alpha value is -2.51. The standard InChI is InChI=1S/C17H16Cl2N2O5/c1-10-12(5-6-25-10)17(24)26-9-16(23)21(2)8-15(22)20-11-3-4-13(18)14(19)7-11/h3-7H,8-9H2,1-2H3,(H,20,22). The lowest BCUT2D eigenvalue weighted by atomic mass is 10.3. The topological polar surface area (TPSA) is 88.8 Å². The van der Waals surface area contributed by atoms with Crippen molar-refractivity contribution in [3.05, 3.63) is 51.9 Å². The molecule has 9 heteroatoms. The lowest BCUT2D eigenvalue weighted by molar-refractivity contribution is -0.136. The van der Waals surface area contributed by atoms with E-state index in [0.717, 1.165) is 4.90 Å². The molecule has 0 unspecified atom stereocenters. The average molecular weight is 399 g/mol. The third-order valence-electron chi connectivity index (χ3n) is 3.42. The highest BCUT2D eigenvalue weighted by Gasteiger charge is 2.18. The number of likely N-dealkylation sites (N-methyl/N-ethyl adjacent to an activating group) is 1. The minimum Gasteiger partial charge on any atom is -0.469 e. The molecule has 1 aromatic heterocycles. The first-order valence-electron chi connectivity index (χ1n) is 7.48. The summed E-state index contributed by atoms with van der Waals surface area (Å²) < 4.78 is 9.92. The second kappa shape index (κ2) is 8.73. The van der Waals surface area contributed by atoms with Gasteiger partial charge < -0.3 is 19.4 Å². The summed E-state index contributed by atoms with van der Waals surface area (Å²) >= 11 is 11.7. The summed E-state index contributed by atoms with van der Waals surface area (Å²) in [6, 6.07) is 6.09. The summed E-state index contributed by atoms with van der Waals surface area (Å²) in [4.78, 5) is 36.9. The van der Waals surface area contributed by atoms with Crippen LogP contribution in [-0.4, -0.2) is 42.9 Å². The Labute approximate surface area is 159 Å². The van der Waals surface area contributed by atoms with Gasteiger partial charge in [-0.25, -0.2) is 4.79 Å². The highest BCUT2D eigenvalue weighted by atomic mass is 35.5. The lowest BCUT2D eigenvalue weighted by Gasteiger charge is -2.17. The van der Waals surface area contributed by atoms with E-state index in [9.17, 15) is 14.4 Å². The molecule has 2 rings (SSSR count). The number of aryl methyl sites for hydroxylation is 1. The van der Waals surface area contributed by atoms with Crippen LogP contribution in [0.15, 0.2) is 34.9 Å². The van der Waals surface area contributed by atoms with Gasteiger partial charge in [0.05, 0.1) is 22.9 Å². The predicted octanol–water partition coefficient (Wildman–Crippen LogP) is 3.15. The number of nitrogens with zero attached hydrogens (tertiary/aromatic N) is 1. The van der Waals surface area contributed by atoms with E-state index in [1.165, 1.54) is 25.4 Å². The minimum atomic E-state index is -0.668. The highest BCUT2D eigenvalue weighted by Crippen LogP contribution is 2.24. The Kier molecular flexibility index (Phi) is 6.65. The van der Waals surface area contributed by atoms with E-state index in [1.807, 2.05) is 0 Å². The molecule has 0 saturated carbocycles. The van der Waals surface area contributed by atoms with Gasteiger partial charge in [-0.1, -0.05) is 23.2 Å². The zero-order valence-electron chi connectivity index (χ0n) is 14.0. The molecule has 2 amide bonds. The number of esters is 1. The molecule has 1 aromatic carbocycles. The van der Waals surface area contributed by atoms with Crippen molar-refractivity contribution in [1.82, 2.24) is 4.90 Å². The first-order chi connectivity index (χ1) is 12.3. The van der Waals surface area contributed by atoms with Crippen molar-refractivity contribution in [2.45, 2.75) is 6.92 Å². The maximum Gasteiger partial charge on any atom is 0.342 e. The molecule has 0 spiro atoms. The molecule has 0 aliphatic heterocycles. The minimum absolute atomic E-state index is 0.221. The van der Waals surface area contributed by atoms with Gasteiger partial charge in [-0.3, -0.25) is 9.59 Å². The summed E-state index contributed by atoms with van der Waals surface area (Å²) in [6.45, 7) is 0.902. The number of amides is 2. The number of carbonyl (C=O) groups excluding carboxylic acids is 3. The van der Waals surface area contributed by atoms with Crippen molar-refractivity contribution in [1.29, 1.82) is 0 Å². The molecule has 0 aliphatic carbocycles. The third-order valence-corrected chi connectivity index (χ3v) is 4.15. The average Bonchev–Trinajstić information content (AvgIpc) is 3.01. The summed E-state index contributed by atoms with van der Waals surface area (Å²) in [7, 11) is 1.42. The van der Waals surface area contributed by atoms with Gasteiger partial charge in [-0.05, 0) is 31.2 Å². The fraction of sp³-hybridized carbons (Fsp3) is 0.235. The van der Waals surface area contributed by atoms with Crippen LogP contribution in [0, 0.1) is 6.92 Å². The van der Waals surface area contributed by atoms with Crippen LogP contribution in [0.3, 0.4) is 0 Å². The molecule has 0 aliphatic rings. The van der Waals surface area contributed by atoms with Crippen LogP contribution in [-0.2, 0) is 14.3 Å². The van der Waals surface area contributed by atoms with E-state index in [4.69, 9.17) is 32.4 Å². The van der Waals surface area contributed by atoms with E-state index in [0.29, 0.717) is 21.5 Å². The first-order valence-corrected chi connectivity index (χ1v) is 8.23. The van der Waals surface area contributed by atoms with E-state index in [1.54, 1.807) is 19.1 Å². The van der Waals surface area contributed by atoms with Gasteiger partial charge in [0.25, 0.3) is 5.91 Å². The molecule has 0 fully saturated rings. The molecule has 0 atom stereocenters. The molecule has 1 heterocycles. The van der Waals surface area contributed by atoms with Crippen LogP contribution in [0.2, 0.25) is 10.0 Å². The van der Waals surface area contributed by atoms with Gasteiger partial charge >= 0.3 is 5.97 Å². The van der Waals surface area contributed by atoms with Gasteiger partial charge in [0.15, 0.2) is 6.61 Å². The Balaban J connectivity index is 1.82. The fourth-order valence-corrected chi connectivity index (χ4v) is 2.29. The molecule has 26 heavy (non-hydrogen) atoms. The highest BCUT2D eigenvalue weighted by molar-refractivity contribution is 6.42. The summed E-state index contributed by atoms with van der Waals surface area (Å²) in [5, 5.41) is 3.26. The quantitative estimate of drug-likeness (QED) is 0.754. The van der Waals surface area contributed by atoms with Gasteiger partial charge in [0.1, 0.15) is 11.3 Å². The summed E-state index contributed by atoms with van der Waals surface area (Å²) in [6.07, 6.45) is 1.35. The number of anilines is 1. The van der Waals surface area contributed by atoms with E-state index >= 15 is 0 Å². The number of carbonyl (C=O) groups is 3. The number of nitrogens with one attached hydrogen (secondary N) is 1. The number of furan rings is 1. The number of halogens is 2. The Morgan fingerprint density at radius 2 is 1.92 bits per heavy atom. The molecular formula is C17H16Cl2N2O5. The number of rotatable bonds is 6. The van der Waals surface area contributed by atoms with Gasteiger partial charge in [-0.2, -0.15) is 0 Å². The van der Waals surface area contributed by atoms with Crippen LogP contribution in [0.5, 0.6) is 0 Å². The molecule has 0 bridgehead atoms. The Morgan fingerprint density at radius 3 is 2.54 bits per heavy atom. The third kappa shape index (κ3) is 5.24. The van der Waals surface area contributed by atoms with Crippen molar-refractivity contribution in [2.24, 2.45) is 0 Å². The van der Waals surface area contributed by atoms with E-state index in [-0.39, 0.29) is 12.1 Å². The van der Waals surface area contributed by atoms with Crippen LogP contribution in [0.4, 0.5) is 5.69 Å². The normalized spacial score (nSPS) is 10.3. The number of hydrogen-bond acceptors (Lipinski definition) is 5. The van der Waals surface area contributed by atoms with Crippen molar-refractivity contribution in [2.75, 3.05) is 25.5 Å². The molecule has 2 aromatic rings. The zero-order chi connectivity index (χ0) is 19.3. The second-order valence-electron chi connectivity index (χ2n) is 5.39.